The average molecular weight is 306 g/mol. The molecule has 0 bridgehead atoms. The van der Waals surface area contributed by atoms with E-state index in [2.05, 4.69) is 20.6 Å². The van der Waals surface area contributed by atoms with E-state index in [-0.39, 0.29) is 0 Å². The summed E-state index contributed by atoms with van der Waals surface area (Å²) in [7, 11) is 0. The summed E-state index contributed by atoms with van der Waals surface area (Å²) in [4.78, 5) is 19.9. The van der Waals surface area contributed by atoms with Gasteiger partial charge >= 0.3 is 6.09 Å². The summed E-state index contributed by atoms with van der Waals surface area (Å²) < 4.78 is 5.16. The fourth-order valence-corrected chi connectivity index (χ4v) is 2.05. The van der Waals surface area contributed by atoms with Crippen LogP contribution in [0.4, 0.5) is 16.3 Å². The van der Waals surface area contributed by atoms with Crippen LogP contribution in [0.15, 0.2) is 29.9 Å². The quantitative estimate of drug-likeness (QED) is 0.904. The van der Waals surface area contributed by atoms with Gasteiger partial charge in [0, 0.05) is 11.6 Å². The van der Waals surface area contributed by atoms with Gasteiger partial charge in [-0.2, -0.15) is 0 Å². The van der Waals surface area contributed by atoms with Crippen molar-refractivity contribution in [2.24, 2.45) is 0 Å². The summed E-state index contributed by atoms with van der Waals surface area (Å²) in [6.07, 6.45) is 2.91. The molecule has 0 radical (unpaired) electrons. The molecule has 6 nitrogen and oxygen atoms in total. The largest absolute Gasteiger partial charge is 0.444 e. The monoisotopic (exact) mass is 306 g/mol. The van der Waals surface area contributed by atoms with Gasteiger partial charge in [0.25, 0.3) is 0 Å². The molecule has 0 unspecified atom stereocenters. The van der Waals surface area contributed by atoms with Crippen LogP contribution in [0.25, 0.3) is 0 Å². The molecule has 0 saturated carbocycles. The van der Waals surface area contributed by atoms with Gasteiger partial charge < -0.3 is 10.1 Å². The first-order chi connectivity index (χ1) is 9.92. The van der Waals surface area contributed by atoms with Gasteiger partial charge in [-0.3, -0.25) is 5.32 Å². The summed E-state index contributed by atoms with van der Waals surface area (Å²) in [6.45, 7) is 6.08. The van der Waals surface area contributed by atoms with E-state index in [1.54, 1.807) is 29.8 Å². The van der Waals surface area contributed by atoms with Gasteiger partial charge in [0.05, 0.1) is 18.4 Å². The Bertz CT molecular complexity index is 576. The second kappa shape index (κ2) is 6.53. The predicted octanol–water partition coefficient (Wildman–Crippen LogP) is 3.50. The molecule has 0 saturated heterocycles. The molecule has 2 heterocycles. The van der Waals surface area contributed by atoms with Crippen molar-refractivity contribution in [2.45, 2.75) is 32.9 Å². The molecule has 0 aromatic carbocycles. The van der Waals surface area contributed by atoms with Crippen LogP contribution in [-0.2, 0) is 11.3 Å². The molecule has 0 aliphatic heterocycles. The smallest absolute Gasteiger partial charge is 0.413 e. The Kier molecular flexibility index (Phi) is 4.74. The summed E-state index contributed by atoms with van der Waals surface area (Å²) in [5.41, 5.74) is 0.333. The lowest BCUT2D eigenvalue weighted by Crippen LogP contribution is -2.27. The molecule has 1 amide bonds. The van der Waals surface area contributed by atoms with Crippen molar-refractivity contribution in [3.05, 3.63) is 34.9 Å². The maximum absolute atomic E-state index is 11.6. The van der Waals surface area contributed by atoms with Crippen molar-refractivity contribution in [1.29, 1.82) is 0 Å². The third-order valence-electron chi connectivity index (χ3n) is 2.32. The minimum atomic E-state index is -0.528. The fourth-order valence-electron chi connectivity index (χ4n) is 1.50. The summed E-state index contributed by atoms with van der Waals surface area (Å²) in [5.74, 6) is 0.448. The van der Waals surface area contributed by atoms with Gasteiger partial charge in [-0.1, -0.05) is 0 Å². The summed E-state index contributed by atoms with van der Waals surface area (Å²) in [6, 6.07) is 3.56. The van der Waals surface area contributed by atoms with Crippen LogP contribution < -0.4 is 10.6 Å². The molecule has 2 rings (SSSR count). The molecule has 2 N–H and O–H groups in total. The number of thiazole rings is 1. The SMILES string of the molecule is CC(C)(C)OC(=O)Nc1ccc(NCc2nccs2)cn1. The van der Waals surface area contributed by atoms with Crippen molar-refractivity contribution >= 4 is 28.9 Å². The molecular weight excluding hydrogens is 288 g/mol. The van der Waals surface area contributed by atoms with Crippen LogP contribution in [0.5, 0.6) is 0 Å². The second-order valence-electron chi connectivity index (χ2n) is 5.34. The fraction of sp³-hybridized carbons (Fsp3) is 0.357. The Hall–Kier alpha value is -2.15. The first-order valence-corrected chi connectivity index (χ1v) is 7.39. The third-order valence-corrected chi connectivity index (χ3v) is 3.10. The van der Waals surface area contributed by atoms with Gasteiger partial charge in [0.1, 0.15) is 16.4 Å². The number of hydrogen-bond donors (Lipinski definition) is 2. The number of aromatic nitrogens is 2. The number of ether oxygens (including phenoxy) is 1. The molecule has 0 fully saturated rings. The second-order valence-corrected chi connectivity index (χ2v) is 6.32. The van der Waals surface area contributed by atoms with Crippen molar-refractivity contribution in [2.75, 3.05) is 10.6 Å². The topological polar surface area (TPSA) is 76.1 Å². The molecule has 112 valence electrons. The number of amides is 1. The van der Waals surface area contributed by atoms with E-state index in [0.717, 1.165) is 10.7 Å². The van der Waals surface area contributed by atoms with Crippen molar-refractivity contribution in [3.8, 4) is 0 Å². The van der Waals surface area contributed by atoms with Crippen LogP contribution in [-0.4, -0.2) is 21.7 Å². The standard InChI is InChI=1S/C14H18N4O2S/c1-14(2,3)20-13(19)18-11-5-4-10(8-17-11)16-9-12-15-6-7-21-12/h4-8,16H,9H2,1-3H3,(H,17,18,19). The minimum absolute atomic E-state index is 0.448. The van der Waals surface area contributed by atoms with Crippen molar-refractivity contribution in [3.63, 3.8) is 0 Å². The van der Waals surface area contributed by atoms with Crippen LogP contribution in [0.3, 0.4) is 0 Å². The minimum Gasteiger partial charge on any atom is -0.444 e. The number of anilines is 2. The maximum atomic E-state index is 11.6. The number of hydrogen-bond acceptors (Lipinski definition) is 6. The van der Waals surface area contributed by atoms with E-state index in [1.807, 2.05) is 32.2 Å². The highest BCUT2D eigenvalue weighted by atomic mass is 32.1. The third kappa shape index (κ3) is 5.39. The summed E-state index contributed by atoms with van der Waals surface area (Å²) in [5, 5.41) is 8.73. The van der Waals surface area contributed by atoms with E-state index < -0.39 is 11.7 Å². The molecule has 21 heavy (non-hydrogen) atoms. The molecule has 0 aliphatic carbocycles. The number of pyridine rings is 1. The van der Waals surface area contributed by atoms with Crippen LogP contribution in [0, 0.1) is 0 Å². The predicted molar refractivity (Wildman–Crippen MR) is 83.5 cm³/mol. The highest BCUT2D eigenvalue weighted by Gasteiger charge is 2.16. The Morgan fingerprint density at radius 1 is 1.33 bits per heavy atom. The van der Waals surface area contributed by atoms with Gasteiger partial charge in [-0.25, -0.2) is 14.8 Å². The van der Waals surface area contributed by atoms with Gasteiger partial charge in [-0.15, -0.1) is 11.3 Å². The van der Waals surface area contributed by atoms with E-state index >= 15 is 0 Å². The Morgan fingerprint density at radius 2 is 2.14 bits per heavy atom. The van der Waals surface area contributed by atoms with E-state index in [4.69, 9.17) is 4.74 Å². The lowest BCUT2D eigenvalue weighted by molar-refractivity contribution is 0.0635. The first kappa shape index (κ1) is 15.2. The van der Waals surface area contributed by atoms with Gasteiger partial charge in [0.2, 0.25) is 0 Å². The molecule has 0 atom stereocenters. The number of carbonyl (C=O) groups is 1. The van der Waals surface area contributed by atoms with E-state index in [0.29, 0.717) is 12.4 Å². The van der Waals surface area contributed by atoms with Gasteiger partial charge in [0.15, 0.2) is 0 Å². The van der Waals surface area contributed by atoms with Crippen LogP contribution >= 0.6 is 11.3 Å². The van der Waals surface area contributed by atoms with Crippen LogP contribution in [0.2, 0.25) is 0 Å². The van der Waals surface area contributed by atoms with Crippen molar-refractivity contribution in [1.82, 2.24) is 9.97 Å². The number of rotatable bonds is 4. The molecule has 7 heteroatoms. The normalized spacial score (nSPS) is 11.0. The molecule has 0 spiro atoms. The first-order valence-electron chi connectivity index (χ1n) is 6.51. The Morgan fingerprint density at radius 3 is 2.71 bits per heavy atom. The Balaban J connectivity index is 1.85. The highest BCUT2D eigenvalue weighted by Crippen LogP contribution is 2.14. The lowest BCUT2D eigenvalue weighted by atomic mass is 10.2. The van der Waals surface area contributed by atoms with Crippen LogP contribution in [0.1, 0.15) is 25.8 Å². The molecule has 0 aliphatic rings. The number of nitrogens with one attached hydrogen (secondary N) is 2. The van der Waals surface area contributed by atoms with E-state index in [9.17, 15) is 4.79 Å². The highest BCUT2D eigenvalue weighted by molar-refractivity contribution is 7.09. The van der Waals surface area contributed by atoms with Gasteiger partial charge in [-0.05, 0) is 32.9 Å². The molecular formula is C14H18N4O2S. The van der Waals surface area contributed by atoms with E-state index in [1.165, 1.54) is 0 Å². The summed E-state index contributed by atoms with van der Waals surface area (Å²) >= 11 is 1.59. The Labute approximate surface area is 127 Å². The van der Waals surface area contributed by atoms with Crippen molar-refractivity contribution < 1.29 is 9.53 Å². The zero-order valence-electron chi connectivity index (χ0n) is 12.2. The number of carbonyl (C=O) groups excluding carboxylic acids is 1. The zero-order chi connectivity index (χ0) is 15.3. The average Bonchev–Trinajstić information content (AvgIpc) is 2.89. The maximum Gasteiger partial charge on any atom is 0.413 e. The molecule has 2 aromatic heterocycles. The lowest BCUT2D eigenvalue weighted by Gasteiger charge is -2.19. The molecule has 2 aromatic rings. The number of nitrogens with zero attached hydrogens (tertiary/aromatic N) is 2. The zero-order valence-corrected chi connectivity index (χ0v) is 13.0.